The molecule has 1 aliphatic carbocycles. The molecule has 0 amide bonds. The van der Waals surface area contributed by atoms with E-state index in [0.29, 0.717) is 17.5 Å². The maximum atomic E-state index is 11.4. The smallest absolute Gasteiger partial charge is 0.238 e. The predicted molar refractivity (Wildman–Crippen MR) is 74.9 cm³/mol. The summed E-state index contributed by atoms with van der Waals surface area (Å²) in [6.07, 6.45) is 5.88. The maximum Gasteiger partial charge on any atom is 0.238 e. The summed E-state index contributed by atoms with van der Waals surface area (Å²) < 4.78 is 28.0. The zero-order valence-corrected chi connectivity index (χ0v) is 11.9. The summed E-state index contributed by atoms with van der Waals surface area (Å²) in [5, 5.41) is 8.52. The molecule has 1 fully saturated rings. The molecule has 0 unspecified atom stereocenters. The number of primary sulfonamides is 1. The Morgan fingerprint density at radius 3 is 2.53 bits per heavy atom. The summed E-state index contributed by atoms with van der Waals surface area (Å²) in [6, 6.07) is 5.01. The molecule has 106 valence electrons. The van der Waals surface area contributed by atoms with E-state index in [9.17, 15) is 8.42 Å². The minimum atomic E-state index is -3.69. The van der Waals surface area contributed by atoms with E-state index in [1.165, 1.54) is 25.3 Å². The van der Waals surface area contributed by atoms with Crippen LogP contribution in [0.4, 0.5) is 5.69 Å². The molecule has 1 aliphatic rings. The second kappa shape index (κ2) is 5.79. The van der Waals surface area contributed by atoms with Crippen molar-refractivity contribution in [3.63, 3.8) is 0 Å². The fourth-order valence-corrected chi connectivity index (χ4v) is 2.98. The van der Waals surface area contributed by atoms with Crippen molar-refractivity contribution in [3.05, 3.63) is 18.2 Å². The van der Waals surface area contributed by atoms with Crippen LogP contribution in [-0.2, 0) is 10.0 Å². The average molecular weight is 284 g/mol. The van der Waals surface area contributed by atoms with Crippen molar-refractivity contribution in [2.75, 3.05) is 12.4 Å². The van der Waals surface area contributed by atoms with E-state index in [2.05, 4.69) is 5.32 Å². The Hall–Kier alpha value is -1.27. The third-order valence-electron chi connectivity index (χ3n) is 3.46. The summed E-state index contributed by atoms with van der Waals surface area (Å²) in [5.41, 5.74) is 0.695. The molecule has 1 aromatic carbocycles. The standard InChI is InChI=1S/C13H20N2O3S/c1-18-13-8-7-11(19(14,16)17)9-12(13)15-10-5-3-2-4-6-10/h7-10,15H,2-6H2,1H3,(H2,14,16,17). The van der Waals surface area contributed by atoms with Crippen LogP contribution in [0.2, 0.25) is 0 Å². The first-order valence-electron chi connectivity index (χ1n) is 6.48. The summed E-state index contributed by atoms with van der Waals surface area (Å²) in [5.74, 6) is 0.637. The molecule has 6 heteroatoms. The predicted octanol–water partition coefficient (Wildman–Crippen LogP) is 2.09. The quantitative estimate of drug-likeness (QED) is 0.887. The van der Waals surface area contributed by atoms with E-state index in [0.717, 1.165) is 12.8 Å². The molecule has 5 nitrogen and oxygen atoms in total. The lowest BCUT2D eigenvalue weighted by Crippen LogP contribution is -2.23. The molecule has 0 aliphatic heterocycles. The Morgan fingerprint density at radius 1 is 1.26 bits per heavy atom. The van der Waals surface area contributed by atoms with Crippen LogP contribution in [0.1, 0.15) is 32.1 Å². The molecule has 1 saturated carbocycles. The monoisotopic (exact) mass is 284 g/mol. The maximum absolute atomic E-state index is 11.4. The van der Waals surface area contributed by atoms with Gasteiger partial charge in [-0.25, -0.2) is 13.6 Å². The highest BCUT2D eigenvalue weighted by molar-refractivity contribution is 7.89. The van der Waals surface area contributed by atoms with Gasteiger partial charge in [-0.1, -0.05) is 19.3 Å². The number of sulfonamides is 1. The van der Waals surface area contributed by atoms with Gasteiger partial charge in [-0.15, -0.1) is 0 Å². The summed E-state index contributed by atoms with van der Waals surface area (Å²) in [7, 11) is -2.12. The number of anilines is 1. The lowest BCUT2D eigenvalue weighted by molar-refractivity contribution is 0.412. The average Bonchev–Trinajstić information content (AvgIpc) is 2.39. The molecule has 0 bridgehead atoms. The Bertz CT molecular complexity index is 537. The lowest BCUT2D eigenvalue weighted by atomic mass is 9.95. The van der Waals surface area contributed by atoms with Gasteiger partial charge in [0.15, 0.2) is 0 Å². The highest BCUT2D eigenvalue weighted by atomic mass is 32.2. The number of hydrogen-bond acceptors (Lipinski definition) is 4. The summed E-state index contributed by atoms with van der Waals surface area (Å²) >= 11 is 0. The largest absolute Gasteiger partial charge is 0.495 e. The lowest BCUT2D eigenvalue weighted by Gasteiger charge is -2.25. The number of rotatable bonds is 4. The number of ether oxygens (including phenoxy) is 1. The molecule has 0 saturated heterocycles. The molecular weight excluding hydrogens is 264 g/mol. The molecular formula is C13H20N2O3S. The van der Waals surface area contributed by atoms with Gasteiger partial charge in [0.1, 0.15) is 5.75 Å². The van der Waals surface area contributed by atoms with E-state index in [4.69, 9.17) is 9.88 Å². The molecule has 2 rings (SSSR count). The number of methoxy groups -OCH3 is 1. The zero-order chi connectivity index (χ0) is 13.9. The van der Waals surface area contributed by atoms with E-state index >= 15 is 0 Å². The van der Waals surface area contributed by atoms with Crippen LogP contribution in [0, 0.1) is 0 Å². The van der Waals surface area contributed by atoms with Crippen molar-refractivity contribution in [2.24, 2.45) is 5.14 Å². The van der Waals surface area contributed by atoms with Crippen molar-refractivity contribution < 1.29 is 13.2 Å². The highest BCUT2D eigenvalue weighted by Crippen LogP contribution is 2.30. The SMILES string of the molecule is COc1ccc(S(N)(=O)=O)cc1NC1CCCCC1. The van der Waals surface area contributed by atoms with Crippen LogP contribution in [0.15, 0.2) is 23.1 Å². The molecule has 0 heterocycles. The molecule has 0 radical (unpaired) electrons. The Morgan fingerprint density at radius 2 is 1.95 bits per heavy atom. The normalized spacial score (nSPS) is 17.2. The van der Waals surface area contributed by atoms with E-state index in [1.807, 2.05) is 0 Å². The number of nitrogens with two attached hydrogens (primary N) is 1. The number of benzene rings is 1. The van der Waals surface area contributed by atoms with Gasteiger partial charge in [-0.2, -0.15) is 0 Å². The fraction of sp³-hybridized carbons (Fsp3) is 0.538. The van der Waals surface area contributed by atoms with Gasteiger partial charge in [0.2, 0.25) is 10.0 Å². The second-order valence-electron chi connectivity index (χ2n) is 4.89. The highest BCUT2D eigenvalue weighted by Gasteiger charge is 2.17. The molecule has 19 heavy (non-hydrogen) atoms. The number of hydrogen-bond donors (Lipinski definition) is 2. The minimum absolute atomic E-state index is 0.103. The molecule has 0 atom stereocenters. The van der Waals surface area contributed by atoms with E-state index < -0.39 is 10.0 Å². The van der Waals surface area contributed by atoms with Crippen LogP contribution in [0.3, 0.4) is 0 Å². The molecule has 0 spiro atoms. The van der Waals surface area contributed by atoms with Crippen LogP contribution >= 0.6 is 0 Å². The van der Waals surface area contributed by atoms with Gasteiger partial charge in [0.05, 0.1) is 17.7 Å². The first-order chi connectivity index (χ1) is 9.00. The van der Waals surface area contributed by atoms with E-state index in [-0.39, 0.29) is 4.90 Å². The van der Waals surface area contributed by atoms with E-state index in [1.54, 1.807) is 19.2 Å². The van der Waals surface area contributed by atoms with Crippen molar-refractivity contribution in [1.29, 1.82) is 0 Å². The van der Waals surface area contributed by atoms with Crippen molar-refractivity contribution in [3.8, 4) is 5.75 Å². The Balaban J connectivity index is 2.25. The van der Waals surface area contributed by atoms with Gasteiger partial charge in [0, 0.05) is 6.04 Å². The zero-order valence-electron chi connectivity index (χ0n) is 11.1. The number of nitrogens with one attached hydrogen (secondary N) is 1. The van der Waals surface area contributed by atoms with Gasteiger partial charge >= 0.3 is 0 Å². The van der Waals surface area contributed by atoms with Gasteiger partial charge in [-0.3, -0.25) is 0 Å². The van der Waals surface area contributed by atoms with Gasteiger partial charge in [0.25, 0.3) is 0 Å². The molecule has 0 aromatic heterocycles. The van der Waals surface area contributed by atoms with Crippen molar-refractivity contribution in [1.82, 2.24) is 0 Å². The molecule has 1 aromatic rings. The van der Waals surface area contributed by atoms with Gasteiger partial charge in [-0.05, 0) is 31.0 Å². The second-order valence-corrected chi connectivity index (χ2v) is 6.45. The minimum Gasteiger partial charge on any atom is -0.495 e. The topological polar surface area (TPSA) is 81.4 Å². The van der Waals surface area contributed by atoms with Crippen molar-refractivity contribution >= 4 is 15.7 Å². The first kappa shape index (κ1) is 14.1. The summed E-state index contributed by atoms with van der Waals surface area (Å²) in [6.45, 7) is 0. The van der Waals surface area contributed by atoms with Crippen LogP contribution in [-0.4, -0.2) is 21.6 Å². The van der Waals surface area contributed by atoms with Gasteiger partial charge < -0.3 is 10.1 Å². The Kier molecular flexibility index (Phi) is 4.31. The fourth-order valence-electron chi connectivity index (χ4n) is 2.44. The molecule has 3 N–H and O–H groups in total. The summed E-state index contributed by atoms with van der Waals surface area (Å²) in [4.78, 5) is 0.103. The first-order valence-corrected chi connectivity index (χ1v) is 8.03. The van der Waals surface area contributed by atoms with Crippen molar-refractivity contribution in [2.45, 2.75) is 43.0 Å². The third-order valence-corrected chi connectivity index (χ3v) is 4.38. The third kappa shape index (κ3) is 3.61. The van der Waals surface area contributed by atoms with Crippen LogP contribution in [0.25, 0.3) is 0 Å². The van der Waals surface area contributed by atoms with Crippen LogP contribution in [0.5, 0.6) is 5.75 Å². The van der Waals surface area contributed by atoms with Crippen LogP contribution < -0.4 is 15.2 Å². The Labute approximate surface area is 114 Å².